The van der Waals surface area contributed by atoms with Crippen LogP contribution in [0.25, 0.3) is 0 Å². The highest BCUT2D eigenvalue weighted by atomic mass is 19.1. The maximum Gasteiger partial charge on any atom is 0.257 e. The van der Waals surface area contributed by atoms with Crippen LogP contribution in [0.2, 0.25) is 0 Å². The summed E-state index contributed by atoms with van der Waals surface area (Å²) in [4.78, 5) is 10.7. The number of carbonyl (C=O) groups excluding carboxylic acids is 1. The second kappa shape index (κ2) is 3.94. The summed E-state index contributed by atoms with van der Waals surface area (Å²) in [5.74, 6) is -1.77. The highest BCUT2D eigenvalue weighted by Crippen LogP contribution is 2.29. The Morgan fingerprint density at radius 1 is 1.47 bits per heavy atom. The van der Waals surface area contributed by atoms with E-state index in [1.54, 1.807) is 0 Å². The molecular formula is C10H11F2NO2. The average molecular weight is 215 g/mol. The third-order valence-corrected chi connectivity index (χ3v) is 2.18. The summed E-state index contributed by atoms with van der Waals surface area (Å²) in [6.45, 7) is 0.878. The Morgan fingerprint density at radius 2 is 1.93 bits per heavy atom. The smallest absolute Gasteiger partial charge is 0.257 e. The summed E-state index contributed by atoms with van der Waals surface area (Å²) in [6.07, 6.45) is -1.70. The molecule has 3 N–H and O–H groups in total. The average Bonchev–Trinajstić information content (AvgIpc) is 2.17. The molecule has 0 radical (unpaired) electrons. The minimum Gasteiger partial charge on any atom is -0.384 e. The first-order valence-electron chi connectivity index (χ1n) is 4.28. The summed E-state index contributed by atoms with van der Waals surface area (Å²) in [7, 11) is 0. The molecule has 5 heteroatoms. The Hall–Kier alpha value is -1.49. The van der Waals surface area contributed by atoms with Gasteiger partial charge in [0.2, 0.25) is 5.67 Å². The van der Waals surface area contributed by atoms with Gasteiger partial charge in [-0.2, -0.15) is 0 Å². The molecule has 1 aromatic rings. The molecule has 2 atom stereocenters. The third kappa shape index (κ3) is 2.30. The number of carbonyl (C=O) groups is 1. The van der Waals surface area contributed by atoms with Crippen molar-refractivity contribution in [2.45, 2.75) is 18.7 Å². The van der Waals surface area contributed by atoms with E-state index in [1.165, 1.54) is 12.1 Å². The van der Waals surface area contributed by atoms with Gasteiger partial charge >= 0.3 is 0 Å². The number of hydrogen-bond donors (Lipinski definition) is 2. The molecule has 0 heterocycles. The van der Waals surface area contributed by atoms with Crippen molar-refractivity contribution < 1.29 is 18.7 Å². The predicted octanol–water partition coefficient (Wildman–Crippen LogP) is 1.07. The lowest BCUT2D eigenvalue weighted by Crippen LogP contribution is -2.42. The van der Waals surface area contributed by atoms with Crippen LogP contribution in [0.5, 0.6) is 0 Å². The Morgan fingerprint density at radius 3 is 2.33 bits per heavy atom. The molecule has 0 saturated heterocycles. The van der Waals surface area contributed by atoms with E-state index in [-0.39, 0.29) is 5.56 Å². The van der Waals surface area contributed by atoms with Gasteiger partial charge in [-0.3, -0.25) is 4.79 Å². The number of rotatable bonds is 3. The van der Waals surface area contributed by atoms with E-state index in [0.29, 0.717) is 0 Å². The zero-order chi connectivity index (χ0) is 11.6. The van der Waals surface area contributed by atoms with Gasteiger partial charge in [0, 0.05) is 0 Å². The van der Waals surface area contributed by atoms with Crippen LogP contribution in [0.1, 0.15) is 18.6 Å². The number of halogens is 2. The molecule has 0 aliphatic heterocycles. The van der Waals surface area contributed by atoms with Gasteiger partial charge in [-0.15, -0.1) is 0 Å². The maximum atomic E-state index is 13.6. The fourth-order valence-electron chi connectivity index (χ4n) is 1.09. The lowest BCUT2D eigenvalue weighted by molar-refractivity contribution is -0.136. The van der Waals surface area contributed by atoms with Gasteiger partial charge in [0.1, 0.15) is 11.9 Å². The number of alkyl halides is 1. The van der Waals surface area contributed by atoms with Gasteiger partial charge in [0.15, 0.2) is 0 Å². The summed E-state index contributed by atoms with van der Waals surface area (Å²) in [5, 5.41) is 9.51. The summed E-state index contributed by atoms with van der Waals surface area (Å²) < 4.78 is 26.1. The van der Waals surface area contributed by atoms with Gasteiger partial charge in [-0.05, 0) is 24.6 Å². The lowest BCUT2D eigenvalue weighted by Gasteiger charge is -2.23. The van der Waals surface area contributed by atoms with Crippen molar-refractivity contribution in [2.24, 2.45) is 5.73 Å². The highest BCUT2D eigenvalue weighted by Gasteiger charge is 2.40. The zero-order valence-corrected chi connectivity index (χ0v) is 8.08. The molecule has 0 spiro atoms. The van der Waals surface area contributed by atoms with E-state index in [0.717, 1.165) is 19.1 Å². The largest absolute Gasteiger partial charge is 0.384 e. The number of nitrogens with two attached hydrogens (primary N) is 1. The fraction of sp³-hybridized carbons (Fsp3) is 0.300. The Labute approximate surface area is 85.5 Å². The van der Waals surface area contributed by atoms with Gasteiger partial charge in [-0.25, -0.2) is 8.78 Å². The molecule has 15 heavy (non-hydrogen) atoms. The Bertz CT molecular complexity index is 362. The number of hydrogen-bond acceptors (Lipinski definition) is 2. The lowest BCUT2D eigenvalue weighted by atomic mass is 9.94. The van der Waals surface area contributed by atoms with Crippen molar-refractivity contribution in [3.05, 3.63) is 35.6 Å². The second-order valence-corrected chi connectivity index (χ2v) is 3.39. The molecule has 0 aliphatic rings. The van der Waals surface area contributed by atoms with Crippen LogP contribution in [0.15, 0.2) is 24.3 Å². The molecule has 0 unspecified atom stereocenters. The topological polar surface area (TPSA) is 63.3 Å². The van der Waals surface area contributed by atoms with E-state index in [2.05, 4.69) is 0 Å². The van der Waals surface area contributed by atoms with Crippen molar-refractivity contribution in [3.63, 3.8) is 0 Å². The van der Waals surface area contributed by atoms with Crippen LogP contribution in [-0.2, 0) is 4.79 Å². The molecule has 3 nitrogen and oxygen atoms in total. The molecule has 0 saturated carbocycles. The molecule has 1 rings (SSSR count). The summed E-state index contributed by atoms with van der Waals surface area (Å²) >= 11 is 0. The normalized spacial score (nSPS) is 16.8. The highest BCUT2D eigenvalue weighted by molar-refractivity contribution is 5.83. The Balaban J connectivity index is 2.99. The third-order valence-electron chi connectivity index (χ3n) is 2.18. The van der Waals surface area contributed by atoms with Crippen LogP contribution < -0.4 is 5.73 Å². The quantitative estimate of drug-likeness (QED) is 0.792. The van der Waals surface area contributed by atoms with E-state index in [1.807, 2.05) is 0 Å². The number of aliphatic hydroxyl groups is 1. The van der Waals surface area contributed by atoms with Crippen molar-refractivity contribution in [1.82, 2.24) is 0 Å². The second-order valence-electron chi connectivity index (χ2n) is 3.39. The summed E-state index contributed by atoms with van der Waals surface area (Å²) in [6, 6.07) is 4.52. The maximum absolute atomic E-state index is 13.6. The SMILES string of the molecule is C[C@](F)(C(N)=O)[C@H](O)c1ccc(F)cc1. The van der Waals surface area contributed by atoms with Crippen LogP contribution >= 0.6 is 0 Å². The molecular weight excluding hydrogens is 204 g/mol. The van der Waals surface area contributed by atoms with Crippen molar-refractivity contribution >= 4 is 5.91 Å². The molecule has 1 aromatic carbocycles. The van der Waals surface area contributed by atoms with E-state index in [4.69, 9.17) is 5.73 Å². The number of aliphatic hydroxyl groups excluding tert-OH is 1. The molecule has 82 valence electrons. The molecule has 0 aliphatic carbocycles. The minimum absolute atomic E-state index is 0.0974. The molecule has 0 aromatic heterocycles. The van der Waals surface area contributed by atoms with Gasteiger partial charge in [0.05, 0.1) is 0 Å². The van der Waals surface area contributed by atoms with Crippen LogP contribution in [0, 0.1) is 5.82 Å². The van der Waals surface area contributed by atoms with Gasteiger partial charge < -0.3 is 10.8 Å². The van der Waals surface area contributed by atoms with Crippen LogP contribution in [0.4, 0.5) is 8.78 Å². The minimum atomic E-state index is -2.57. The predicted molar refractivity (Wildman–Crippen MR) is 50.1 cm³/mol. The van der Waals surface area contributed by atoms with Crippen molar-refractivity contribution in [3.8, 4) is 0 Å². The Kier molecular flexibility index (Phi) is 3.04. The van der Waals surface area contributed by atoms with Crippen molar-refractivity contribution in [2.75, 3.05) is 0 Å². The molecule has 0 fully saturated rings. The number of primary amides is 1. The first-order valence-corrected chi connectivity index (χ1v) is 4.28. The fourth-order valence-corrected chi connectivity index (χ4v) is 1.09. The first kappa shape index (κ1) is 11.6. The van der Waals surface area contributed by atoms with E-state index < -0.39 is 23.5 Å². The van der Waals surface area contributed by atoms with Crippen LogP contribution in [0.3, 0.4) is 0 Å². The van der Waals surface area contributed by atoms with Gasteiger partial charge in [-0.1, -0.05) is 12.1 Å². The van der Waals surface area contributed by atoms with E-state index in [9.17, 15) is 18.7 Å². The molecule has 0 bridgehead atoms. The monoisotopic (exact) mass is 215 g/mol. The standard InChI is InChI=1S/C10H11F2NO2/c1-10(12,9(13)15)8(14)6-2-4-7(11)5-3-6/h2-5,8,14H,1H3,(H2,13,15)/t8-,10-/m1/s1. The van der Waals surface area contributed by atoms with E-state index >= 15 is 0 Å². The number of benzene rings is 1. The van der Waals surface area contributed by atoms with Crippen LogP contribution in [-0.4, -0.2) is 16.7 Å². The first-order chi connectivity index (χ1) is 6.85. The zero-order valence-electron chi connectivity index (χ0n) is 8.08. The molecule has 1 amide bonds. The number of amides is 1. The van der Waals surface area contributed by atoms with Crippen molar-refractivity contribution in [1.29, 1.82) is 0 Å². The van der Waals surface area contributed by atoms with Gasteiger partial charge in [0.25, 0.3) is 5.91 Å². The summed E-state index contributed by atoms with van der Waals surface area (Å²) in [5.41, 5.74) is 2.32.